The Bertz CT molecular complexity index is 937. The van der Waals surface area contributed by atoms with Gasteiger partial charge in [-0.15, -0.1) is 0 Å². The molecule has 2 aromatic carbocycles. The number of urea groups is 1. The Balaban J connectivity index is 1.69. The first-order valence-electron chi connectivity index (χ1n) is 8.69. The molecule has 1 atom stereocenters. The van der Waals surface area contributed by atoms with Crippen molar-refractivity contribution in [3.63, 3.8) is 0 Å². The van der Waals surface area contributed by atoms with Crippen LogP contribution in [-0.4, -0.2) is 41.9 Å². The zero-order valence-corrected chi connectivity index (χ0v) is 15.0. The molecule has 0 spiro atoms. The molecule has 1 fully saturated rings. The largest absolute Gasteiger partial charge is 0.353 e. The van der Waals surface area contributed by atoms with Crippen molar-refractivity contribution < 1.29 is 27.6 Å². The van der Waals surface area contributed by atoms with Crippen LogP contribution in [0.1, 0.15) is 6.42 Å². The molecular weight excluding hydrogens is 389 g/mol. The Labute approximate surface area is 163 Å². The second-order valence-corrected chi connectivity index (χ2v) is 6.31. The molecule has 7 nitrogen and oxygen atoms in total. The Morgan fingerprint density at radius 2 is 1.72 bits per heavy atom. The summed E-state index contributed by atoms with van der Waals surface area (Å²) in [5.41, 5.74) is 0.0777. The van der Waals surface area contributed by atoms with E-state index in [0.717, 1.165) is 17.0 Å². The summed E-state index contributed by atoms with van der Waals surface area (Å²) in [7, 11) is 0. The maximum atomic E-state index is 13.8. The van der Waals surface area contributed by atoms with Crippen LogP contribution in [-0.2, 0) is 9.59 Å². The van der Waals surface area contributed by atoms with Crippen molar-refractivity contribution in [2.45, 2.75) is 12.5 Å². The smallest absolute Gasteiger partial charge is 0.322 e. The summed E-state index contributed by atoms with van der Waals surface area (Å²) in [6, 6.07) is 5.77. The van der Waals surface area contributed by atoms with Crippen molar-refractivity contribution in [2.75, 3.05) is 23.7 Å². The molecule has 3 rings (SSSR count). The van der Waals surface area contributed by atoms with Gasteiger partial charge in [-0.05, 0) is 36.4 Å². The number of piperazine rings is 1. The number of anilines is 2. The number of nitrogens with one attached hydrogen (secondary N) is 3. The minimum Gasteiger partial charge on any atom is -0.353 e. The molecule has 0 bridgehead atoms. The minimum absolute atomic E-state index is 0.0921. The molecule has 2 aromatic rings. The standard InChI is InChI=1S/C19H17F3N4O3/c20-11-1-4-13(5-2-11)24-17(27)10-16-18(28)23-7-8-26(16)19(29)25-15-6-3-12(21)9-14(15)22/h1-6,9,16H,7-8,10H2,(H,23,28)(H,24,27)(H,25,29)/t16-/m0/s1. The first-order chi connectivity index (χ1) is 13.8. The molecule has 0 radical (unpaired) electrons. The Morgan fingerprint density at radius 1 is 1.03 bits per heavy atom. The molecule has 3 N–H and O–H groups in total. The lowest BCUT2D eigenvalue weighted by molar-refractivity contribution is -0.130. The van der Waals surface area contributed by atoms with Gasteiger partial charge in [0.25, 0.3) is 0 Å². The van der Waals surface area contributed by atoms with Gasteiger partial charge in [0, 0.05) is 24.8 Å². The molecular formula is C19H17F3N4O3. The van der Waals surface area contributed by atoms with Gasteiger partial charge in [0.15, 0.2) is 0 Å². The van der Waals surface area contributed by atoms with Gasteiger partial charge in [0.2, 0.25) is 11.8 Å². The van der Waals surface area contributed by atoms with Gasteiger partial charge in [-0.1, -0.05) is 0 Å². The van der Waals surface area contributed by atoms with E-state index < -0.39 is 41.3 Å². The number of amides is 4. The van der Waals surface area contributed by atoms with E-state index >= 15 is 0 Å². The lowest BCUT2D eigenvalue weighted by atomic mass is 10.1. The molecule has 0 saturated carbocycles. The number of carbonyl (C=O) groups is 3. The maximum absolute atomic E-state index is 13.8. The van der Waals surface area contributed by atoms with Crippen molar-refractivity contribution in [1.29, 1.82) is 0 Å². The topological polar surface area (TPSA) is 90.5 Å². The van der Waals surface area contributed by atoms with Crippen LogP contribution < -0.4 is 16.0 Å². The first-order valence-corrected chi connectivity index (χ1v) is 8.69. The fraction of sp³-hybridized carbons (Fsp3) is 0.211. The molecule has 1 heterocycles. The molecule has 1 aliphatic heterocycles. The van der Waals surface area contributed by atoms with Gasteiger partial charge in [-0.25, -0.2) is 18.0 Å². The van der Waals surface area contributed by atoms with Crippen LogP contribution in [0.25, 0.3) is 0 Å². The lowest BCUT2D eigenvalue weighted by Gasteiger charge is -2.34. The lowest BCUT2D eigenvalue weighted by Crippen LogP contribution is -2.59. The van der Waals surface area contributed by atoms with E-state index in [1.807, 2.05) is 0 Å². The van der Waals surface area contributed by atoms with Crippen LogP contribution in [0.5, 0.6) is 0 Å². The van der Waals surface area contributed by atoms with Crippen LogP contribution in [0, 0.1) is 17.5 Å². The summed E-state index contributed by atoms with van der Waals surface area (Å²) in [5, 5.41) is 7.36. The molecule has 4 amide bonds. The number of rotatable bonds is 4. The molecule has 152 valence electrons. The van der Waals surface area contributed by atoms with E-state index in [-0.39, 0.29) is 25.2 Å². The number of hydrogen-bond donors (Lipinski definition) is 3. The van der Waals surface area contributed by atoms with Crippen molar-refractivity contribution in [1.82, 2.24) is 10.2 Å². The highest BCUT2D eigenvalue weighted by molar-refractivity contribution is 5.99. The van der Waals surface area contributed by atoms with E-state index in [1.54, 1.807) is 0 Å². The quantitative estimate of drug-likeness (QED) is 0.729. The Morgan fingerprint density at radius 3 is 2.41 bits per heavy atom. The molecule has 1 aliphatic rings. The highest BCUT2D eigenvalue weighted by Crippen LogP contribution is 2.18. The molecule has 0 aromatic heterocycles. The van der Waals surface area contributed by atoms with Crippen molar-refractivity contribution in [3.05, 3.63) is 59.9 Å². The van der Waals surface area contributed by atoms with Gasteiger partial charge in [-0.3, -0.25) is 9.59 Å². The average Bonchev–Trinajstić information content (AvgIpc) is 2.67. The SMILES string of the molecule is O=C(C[C@H]1C(=O)NCCN1C(=O)Nc1ccc(F)cc1F)Nc1ccc(F)cc1. The number of hydrogen-bond acceptors (Lipinski definition) is 3. The predicted molar refractivity (Wildman–Crippen MR) is 98.5 cm³/mol. The van der Waals surface area contributed by atoms with Gasteiger partial charge < -0.3 is 20.9 Å². The van der Waals surface area contributed by atoms with Crippen LogP contribution in [0.15, 0.2) is 42.5 Å². The summed E-state index contributed by atoms with van der Waals surface area (Å²) in [6.45, 7) is 0.253. The monoisotopic (exact) mass is 406 g/mol. The van der Waals surface area contributed by atoms with Gasteiger partial charge in [-0.2, -0.15) is 0 Å². The van der Waals surface area contributed by atoms with E-state index in [9.17, 15) is 27.6 Å². The van der Waals surface area contributed by atoms with Crippen LogP contribution >= 0.6 is 0 Å². The van der Waals surface area contributed by atoms with Crippen molar-refractivity contribution >= 4 is 29.2 Å². The summed E-state index contributed by atoms with van der Waals surface area (Å²) >= 11 is 0. The number of carbonyl (C=O) groups excluding carboxylic acids is 3. The maximum Gasteiger partial charge on any atom is 0.322 e. The van der Waals surface area contributed by atoms with Gasteiger partial charge in [0.1, 0.15) is 23.5 Å². The first kappa shape index (κ1) is 20.2. The van der Waals surface area contributed by atoms with Crippen LogP contribution in [0.2, 0.25) is 0 Å². The van der Waals surface area contributed by atoms with Crippen LogP contribution in [0.4, 0.5) is 29.3 Å². The fourth-order valence-corrected chi connectivity index (χ4v) is 2.86. The Hall–Kier alpha value is -3.56. The third kappa shape index (κ3) is 5.03. The number of nitrogens with zero attached hydrogens (tertiary/aromatic N) is 1. The average molecular weight is 406 g/mol. The second kappa shape index (κ2) is 8.63. The fourth-order valence-electron chi connectivity index (χ4n) is 2.86. The molecule has 0 unspecified atom stereocenters. The third-order valence-corrected chi connectivity index (χ3v) is 4.27. The normalized spacial score (nSPS) is 16.2. The minimum atomic E-state index is -1.13. The molecule has 29 heavy (non-hydrogen) atoms. The molecule has 0 aliphatic carbocycles. The van der Waals surface area contributed by atoms with E-state index in [2.05, 4.69) is 16.0 Å². The highest BCUT2D eigenvalue weighted by Gasteiger charge is 2.35. The van der Waals surface area contributed by atoms with E-state index in [0.29, 0.717) is 11.8 Å². The van der Waals surface area contributed by atoms with Gasteiger partial charge >= 0.3 is 6.03 Å². The molecule has 1 saturated heterocycles. The highest BCUT2D eigenvalue weighted by atomic mass is 19.1. The number of benzene rings is 2. The predicted octanol–water partition coefficient (Wildman–Crippen LogP) is 2.46. The third-order valence-electron chi connectivity index (χ3n) is 4.27. The van der Waals surface area contributed by atoms with Crippen molar-refractivity contribution in [2.24, 2.45) is 0 Å². The summed E-state index contributed by atoms with van der Waals surface area (Å²) in [6.07, 6.45) is -0.359. The van der Waals surface area contributed by atoms with E-state index in [1.165, 1.54) is 24.3 Å². The van der Waals surface area contributed by atoms with Gasteiger partial charge in [0.05, 0.1) is 12.1 Å². The molecule has 10 heteroatoms. The van der Waals surface area contributed by atoms with Crippen LogP contribution in [0.3, 0.4) is 0 Å². The Kier molecular flexibility index (Phi) is 6.01. The van der Waals surface area contributed by atoms with E-state index in [4.69, 9.17) is 0 Å². The zero-order chi connectivity index (χ0) is 21.0. The zero-order valence-electron chi connectivity index (χ0n) is 15.0. The summed E-state index contributed by atoms with van der Waals surface area (Å²) in [5.74, 6) is -3.34. The second-order valence-electron chi connectivity index (χ2n) is 6.31. The van der Waals surface area contributed by atoms with Crippen molar-refractivity contribution in [3.8, 4) is 0 Å². The number of halogens is 3. The summed E-state index contributed by atoms with van der Waals surface area (Å²) < 4.78 is 39.8. The summed E-state index contributed by atoms with van der Waals surface area (Å²) in [4.78, 5) is 38.1.